The number of para-hydroxylation sites is 1. The average molecular weight is 581 g/mol. The lowest BCUT2D eigenvalue weighted by molar-refractivity contribution is -0.183. The number of fused-ring (bicyclic) bond motifs is 2. The average Bonchev–Trinajstić information content (AvgIpc) is 3.36. The number of hydrogen-bond donors (Lipinski definition) is 4. The second-order valence-electron chi connectivity index (χ2n) is 13.3. The highest BCUT2D eigenvalue weighted by Gasteiger charge is 2.57. The molecule has 8 atom stereocenters. The molecule has 0 radical (unpaired) electrons. The molecule has 8 nitrogen and oxygen atoms in total. The van der Waals surface area contributed by atoms with Crippen molar-refractivity contribution in [3.63, 3.8) is 0 Å². The minimum Gasteiger partial charge on any atom is -0.496 e. The highest BCUT2D eigenvalue weighted by molar-refractivity contribution is 5.83. The van der Waals surface area contributed by atoms with Crippen LogP contribution in [0.3, 0.4) is 0 Å². The number of hydrogen-bond acceptors (Lipinski definition) is 7. The number of aliphatic hydroxyl groups excluding tert-OH is 3. The predicted octanol–water partition coefficient (Wildman–Crippen LogP) is 4.08. The van der Waals surface area contributed by atoms with Crippen molar-refractivity contribution in [1.82, 2.24) is 10.4 Å². The van der Waals surface area contributed by atoms with Crippen molar-refractivity contribution in [1.29, 1.82) is 0 Å². The number of nitrogens with zero attached hydrogens (tertiary/aromatic N) is 1. The van der Waals surface area contributed by atoms with Gasteiger partial charge in [0.05, 0.1) is 33.0 Å². The molecule has 2 bridgehead atoms. The van der Waals surface area contributed by atoms with Crippen LogP contribution in [0, 0.1) is 29.1 Å². The normalized spacial score (nSPS) is 30.9. The summed E-state index contributed by atoms with van der Waals surface area (Å²) in [6, 6.07) is 11.2. The standard InChI is InChI=1S/C34H48N2O6/c1-7-21-11-22(17-37)13-24(12-21)26-10-8-9-23(32(26)41-6)16-36-31(30(20(3)39)29(18-38)42-36)33(40)35-28-15-25-14-27(19(28)2)34(25,4)5/h8-13,19-20,25,27-31,37-39H,7,14-18H2,1-6H3,(H,35,40)/t19-,20-,25+,27-,28-,29-,30-,31-/m0/s1. The largest absolute Gasteiger partial charge is 0.496 e. The molecule has 0 spiro atoms. The van der Waals surface area contributed by atoms with Crippen LogP contribution in [0.2, 0.25) is 0 Å². The molecule has 1 saturated heterocycles. The Labute approximate surface area is 250 Å². The van der Waals surface area contributed by atoms with Gasteiger partial charge in [0.15, 0.2) is 0 Å². The van der Waals surface area contributed by atoms with Gasteiger partial charge in [-0.3, -0.25) is 9.63 Å². The molecule has 8 heteroatoms. The number of hydroxylamine groups is 2. The van der Waals surface area contributed by atoms with E-state index in [9.17, 15) is 20.1 Å². The Morgan fingerprint density at radius 1 is 1.19 bits per heavy atom. The number of aliphatic hydroxyl groups is 3. The summed E-state index contributed by atoms with van der Waals surface area (Å²) in [5.74, 6) is 1.43. The number of aryl methyl sites for hydroxylation is 1. The highest BCUT2D eigenvalue weighted by atomic mass is 16.7. The lowest BCUT2D eigenvalue weighted by Crippen LogP contribution is -2.62. The first-order valence-electron chi connectivity index (χ1n) is 15.5. The molecule has 6 rings (SSSR count). The van der Waals surface area contributed by atoms with E-state index in [4.69, 9.17) is 9.57 Å². The van der Waals surface area contributed by atoms with Crippen molar-refractivity contribution in [2.24, 2.45) is 29.1 Å². The van der Waals surface area contributed by atoms with E-state index in [1.807, 2.05) is 30.3 Å². The maximum atomic E-state index is 14.0. The fraction of sp³-hybridized carbons (Fsp3) is 0.618. The zero-order chi connectivity index (χ0) is 30.3. The number of benzene rings is 2. The highest BCUT2D eigenvalue weighted by Crippen LogP contribution is 2.61. The number of ether oxygens (including phenoxy) is 1. The van der Waals surface area contributed by atoms with Crippen LogP contribution in [0.25, 0.3) is 11.1 Å². The van der Waals surface area contributed by atoms with Gasteiger partial charge in [0.2, 0.25) is 5.91 Å². The number of carbonyl (C=O) groups is 1. The van der Waals surface area contributed by atoms with E-state index in [-0.39, 0.29) is 31.7 Å². The maximum Gasteiger partial charge on any atom is 0.240 e. The van der Waals surface area contributed by atoms with Gasteiger partial charge < -0.3 is 25.4 Å². The molecule has 4 aliphatic rings. The van der Waals surface area contributed by atoms with Crippen LogP contribution in [-0.4, -0.2) is 64.3 Å². The Morgan fingerprint density at radius 3 is 2.52 bits per heavy atom. The zero-order valence-corrected chi connectivity index (χ0v) is 25.8. The van der Waals surface area contributed by atoms with E-state index in [0.29, 0.717) is 28.9 Å². The van der Waals surface area contributed by atoms with Crippen molar-refractivity contribution in [3.8, 4) is 16.9 Å². The van der Waals surface area contributed by atoms with Crippen molar-refractivity contribution < 1.29 is 29.7 Å². The summed E-state index contributed by atoms with van der Waals surface area (Å²) in [6.45, 7) is 10.5. The second kappa shape index (κ2) is 12.2. The number of carbonyl (C=O) groups excluding carboxylic acids is 1. The van der Waals surface area contributed by atoms with Gasteiger partial charge in [0.25, 0.3) is 0 Å². The number of amides is 1. The Balaban J connectivity index is 1.44. The molecule has 3 saturated carbocycles. The van der Waals surface area contributed by atoms with Gasteiger partial charge in [-0.1, -0.05) is 58.0 Å². The van der Waals surface area contributed by atoms with Gasteiger partial charge >= 0.3 is 0 Å². The van der Waals surface area contributed by atoms with E-state index in [1.54, 1.807) is 19.1 Å². The Kier molecular flexibility index (Phi) is 9.03. The summed E-state index contributed by atoms with van der Waals surface area (Å²) in [6.07, 6.45) is 1.44. The zero-order valence-electron chi connectivity index (χ0n) is 25.8. The molecule has 1 heterocycles. The third-order valence-corrected chi connectivity index (χ3v) is 10.6. The van der Waals surface area contributed by atoms with Crippen LogP contribution >= 0.6 is 0 Å². The first kappa shape index (κ1) is 31.0. The molecule has 2 aromatic carbocycles. The fourth-order valence-corrected chi connectivity index (χ4v) is 8.04. The summed E-state index contributed by atoms with van der Waals surface area (Å²) in [4.78, 5) is 20.2. The smallest absolute Gasteiger partial charge is 0.240 e. The third-order valence-electron chi connectivity index (χ3n) is 10.6. The monoisotopic (exact) mass is 580 g/mol. The Morgan fingerprint density at radius 2 is 1.93 bits per heavy atom. The summed E-state index contributed by atoms with van der Waals surface area (Å²) >= 11 is 0. The summed E-state index contributed by atoms with van der Waals surface area (Å²) < 4.78 is 5.94. The predicted molar refractivity (Wildman–Crippen MR) is 161 cm³/mol. The van der Waals surface area contributed by atoms with Gasteiger partial charge in [0, 0.05) is 23.1 Å². The van der Waals surface area contributed by atoms with Gasteiger partial charge in [-0.15, -0.1) is 0 Å². The minimum atomic E-state index is -0.860. The molecule has 1 amide bonds. The van der Waals surface area contributed by atoms with E-state index in [2.05, 4.69) is 39.1 Å². The number of methoxy groups -OCH3 is 1. The first-order valence-corrected chi connectivity index (χ1v) is 15.5. The van der Waals surface area contributed by atoms with Gasteiger partial charge in [-0.05, 0) is 72.1 Å². The van der Waals surface area contributed by atoms with Crippen molar-refractivity contribution in [2.75, 3.05) is 13.7 Å². The molecule has 230 valence electrons. The van der Waals surface area contributed by atoms with Crippen LogP contribution < -0.4 is 10.1 Å². The molecule has 0 aromatic heterocycles. The van der Waals surface area contributed by atoms with Crippen LogP contribution in [-0.2, 0) is 29.2 Å². The summed E-state index contributed by atoms with van der Waals surface area (Å²) in [7, 11) is 1.63. The SMILES string of the molecule is CCc1cc(CO)cc(-c2cccc(CN3O[C@@H](CO)[C@H]([C@H](C)O)[C@H]3C(=O)N[C@H]3C[C@H]4C[C@@H]([C@@H]3C)C4(C)C)c2OC)c1. The topological polar surface area (TPSA) is 111 Å². The third kappa shape index (κ3) is 5.48. The van der Waals surface area contributed by atoms with Crippen molar-refractivity contribution in [3.05, 3.63) is 53.1 Å². The molecule has 42 heavy (non-hydrogen) atoms. The fourth-order valence-electron chi connectivity index (χ4n) is 8.04. The maximum absolute atomic E-state index is 14.0. The van der Waals surface area contributed by atoms with Gasteiger partial charge in [0.1, 0.15) is 17.9 Å². The Bertz CT molecular complexity index is 1260. The van der Waals surface area contributed by atoms with Crippen molar-refractivity contribution >= 4 is 5.91 Å². The summed E-state index contributed by atoms with van der Waals surface area (Å²) in [5, 5.41) is 35.8. The van der Waals surface area contributed by atoms with E-state index in [1.165, 1.54) is 6.42 Å². The van der Waals surface area contributed by atoms with E-state index in [0.717, 1.165) is 40.7 Å². The quantitative estimate of drug-likeness (QED) is 0.335. The molecule has 3 aliphatic carbocycles. The lowest BCUT2D eigenvalue weighted by atomic mass is 9.45. The van der Waals surface area contributed by atoms with Crippen LogP contribution in [0.15, 0.2) is 36.4 Å². The second-order valence-corrected chi connectivity index (χ2v) is 13.3. The summed E-state index contributed by atoms with van der Waals surface area (Å²) in [5.41, 5.74) is 4.90. The first-order chi connectivity index (χ1) is 20.0. The molecule has 0 unspecified atom stereocenters. The lowest BCUT2D eigenvalue weighted by Gasteiger charge is -2.62. The van der Waals surface area contributed by atoms with Crippen LogP contribution in [0.4, 0.5) is 0 Å². The number of rotatable bonds is 10. The van der Waals surface area contributed by atoms with Crippen molar-refractivity contribution in [2.45, 2.75) is 91.3 Å². The molecular formula is C34H48N2O6. The number of nitrogens with one attached hydrogen (secondary N) is 1. The van der Waals surface area contributed by atoms with Gasteiger partial charge in [-0.2, -0.15) is 5.06 Å². The molecule has 1 aliphatic heterocycles. The molecular weight excluding hydrogens is 532 g/mol. The minimum absolute atomic E-state index is 0.0524. The molecule has 4 N–H and O–H groups in total. The van der Waals surface area contributed by atoms with Crippen LogP contribution in [0.1, 0.15) is 64.2 Å². The van der Waals surface area contributed by atoms with Gasteiger partial charge in [-0.25, -0.2) is 0 Å². The molecule has 4 fully saturated rings. The molecule has 2 aromatic rings. The Hall–Kier alpha value is -2.49. The van der Waals surface area contributed by atoms with E-state index < -0.39 is 24.2 Å². The van der Waals surface area contributed by atoms with Crippen LogP contribution in [0.5, 0.6) is 5.75 Å². The van der Waals surface area contributed by atoms with E-state index >= 15 is 0 Å².